The fourth-order valence-electron chi connectivity index (χ4n) is 1.70. The van der Waals surface area contributed by atoms with Crippen LogP contribution in [0.2, 0.25) is 0 Å². The Morgan fingerprint density at radius 1 is 1.24 bits per heavy atom. The predicted molar refractivity (Wildman–Crippen MR) is 70.3 cm³/mol. The van der Waals surface area contributed by atoms with Crippen LogP contribution in [-0.4, -0.2) is 38.0 Å². The molecular formula is C14H23NO2. The highest BCUT2D eigenvalue weighted by molar-refractivity contribution is 5.22. The minimum Gasteiger partial charge on any atom is -0.391 e. The molecule has 17 heavy (non-hydrogen) atoms. The molecule has 1 aromatic rings. The van der Waals surface area contributed by atoms with Crippen LogP contribution in [0.3, 0.4) is 0 Å². The molecule has 1 unspecified atom stereocenters. The van der Waals surface area contributed by atoms with Crippen LogP contribution in [0.1, 0.15) is 18.1 Å². The summed E-state index contributed by atoms with van der Waals surface area (Å²) in [7, 11) is 1.67. The van der Waals surface area contributed by atoms with Crippen LogP contribution in [0.25, 0.3) is 0 Å². The first-order chi connectivity index (χ1) is 8.26. The van der Waals surface area contributed by atoms with Crippen molar-refractivity contribution in [3.63, 3.8) is 0 Å². The first kappa shape index (κ1) is 14.2. The smallest absolute Gasteiger partial charge is 0.0704 e. The van der Waals surface area contributed by atoms with E-state index < -0.39 is 0 Å². The zero-order valence-electron chi connectivity index (χ0n) is 10.8. The van der Waals surface area contributed by atoms with Gasteiger partial charge in [0, 0.05) is 20.2 Å². The van der Waals surface area contributed by atoms with Crippen molar-refractivity contribution in [2.75, 3.05) is 26.8 Å². The van der Waals surface area contributed by atoms with Gasteiger partial charge in [-0.25, -0.2) is 0 Å². The van der Waals surface area contributed by atoms with E-state index in [0.29, 0.717) is 19.6 Å². The molecule has 0 saturated carbocycles. The number of benzene rings is 1. The molecular weight excluding hydrogens is 214 g/mol. The second-order valence-electron chi connectivity index (χ2n) is 4.22. The normalized spacial score (nSPS) is 12.6. The van der Waals surface area contributed by atoms with Gasteiger partial charge in [0.25, 0.3) is 0 Å². The van der Waals surface area contributed by atoms with Gasteiger partial charge in [-0.15, -0.1) is 0 Å². The number of hydrogen-bond acceptors (Lipinski definition) is 3. The van der Waals surface area contributed by atoms with E-state index in [1.165, 1.54) is 11.1 Å². The zero-order valence-corrected chi connectivity index (χ0v) is 10.8. The Hall–Kier alpha value is -0.900. The molecule has 2 N–H and O–H groups in total. The average Bonchev–Trinajstić information content (AvgIpc) is 2.36. The van der Waals surface area contributed by atoms with Crippen molar-refractivity contribution in [2.24, 2.45) is 0 Å². The second kappa shape index (κ2) is 8.23. The lowest BCUT2D eigenvalue weighted by Crippen LogP contribution is -2.30. The van der Waals surface area contributed by atoms with Gasteiger partial charge in [0.05, 0.1) is 12.7 Å². The molecule has 0 heterocycles. The molecule has 0 fully saturated rings. The molecule has 0 amide bonds. The highest BCUT2D eigenvalue weighted by Crippen LogP contribution is 2.07. The van der Waals surface area contributed by atoms with Crippen LogP contribution < -0.4 is 5.32 Å². The highest BCUT2D eigenvalue weighted by atomic mass is 16.5. The summed E-state index contributed by atoms with van der Waals surface area (Å²) in [6.45, 7) is 4.21. The molecule has 0 spiro atoms. The Balaban J connectivity index is 2.26. The van der Waals surface area contributed by atoms with Crippen molar-refractivity contribution in [1.82, 2.24) is 5.32 Å². The Kier molecular flexibility index (Phi) is 6.86. The van der Waals surface area contributed by atoms with E-state index in [2.05, 4.69) is 36.5 Å². The summed E-state index contributed by atoms with van der Waals surface area (Å²) in [5, 5.41) is 13.0. The van der Waals surface area contributed by atoms with E-state index in [4.69, 9.17) is 4.74 Å². The number of rotatable bonds is 8. The topological polar surface area (TPSA) is 41.5 Å². The minimum atomic E-state index is -0.334. The summed E-state index contributed by atoms with van der Waals surface area (Å²) in [4.78, 5) is 0. The average molecular weight is 237 g/mol. The summed E-state index contributed by atoms with van der Waals surface area (Å²) >= 11 is 0. The van der Waals surface area contributed by atoms with Crippen LogP contribution in [-0.2, 0) is 17.6 Å². The maximum atomic E-state index is 9.83. The highest BCUT2D eigenvalue weighted by Gasteiger charge is 2.04. The lowest BCUT2D eigenvalue weighted by atomic mass is 10.0. The van der Waals surface area contributed by atoms with Gasteiger partial charge >= 0.3 is 0 Å². The van der Waals surface area contributed by atoms with Crippen LogP contribution >= 0.6 is 0 Å². The van der Waals surface area contributed by atoms with Gasteiger partial charge in [-0.05, 0) is 24.0 Å². The number of aliphatic hydroxyl groups excluding tert-OH is 1. The van der Waals surface area contributed by atoms with E-state index in [1.54, 1.807) is 7.11 Å². The first-order valence-electron chi connectivity index (χ1n) is 6.21. The molecule has 1 rings (SSSR count). The quantitative estimate of drug-likeness (QED) is 0.671. The van der Waals surface area contributed by atoms with Gasteiger partial charge in [-0.2, -0.15) is 0 Å². The van der Waals surface area contributed by atoms with Crippen molar-refractivity contribution in [2.45, 2.75) is 25.9 Å². The minimum absolute atomic E-state index is 0.334. The van der Waals surface area contributed by atoms with E-state index in [1.807, 2.05) is 0 Å². The summed E-state index contributed by atoms with van der Waals surface area (Å²) < 4.78 is 4.92. The predicted octanol–water partition coefficient (Wildman–Crippen LogP) is 1.39. The molecule has 0 aromatic heterocycles. The first-order valence-corrected chi connectivity index (χ1v) is 6.21. The Morgan fingerprint density at radius 2 is 1.88 bits per heavy atom. The Bertz CT molecular complexity index is 298. The van der Waals surface area contributed by atoms with E-state index in [0.717, 1.165) is 13.0 Å². The van der Waals surface area contributed by atoms with Crippen molar-refractivity contribution in [1.29, 1.82) is 0 Å². The van der Waals surface area contributed by atoms with Crippen LogP contribution in [0.4, 0.5) is 0 Å². The number of methoxy groups -OCH3 is 1. The molecule has 3 nitrogen and oxygen atoms in total. The van der Waals surface area contributed by atoms with Crippen molar-refractivity contribution in [3.8, 4) is 0 Å². The van der Waals surface area contributed by atoms with Gasteiger partial charge < -0.3 is 15.2 Å². The fourth-order valence-corrected chi connectivity index (χ4v) is 1.70. The number of aryl methyl sites for hydroxylation is 1. The Morgan fingerprint density at radius 3 is 2.47 bits per heavy atom. The van der Waals surface area contributed by atoms with Gasteiger partial charge in [-0.1, -0.05) is 31.2 Å². The largest absolute Gasteiger partial charge is 0.391 e. The summed E-state index contributed by atoms with van der Waals surface area (Å²) in [5.74, 6) is 0. The van der Waals surface area contributed by atoms with Crippen molar-refractivity contribution < 1.29 is 9.84 Å². The second-order valence-corrected chi connectivity index (χ2v) is 4.22. The molecule has 96 valence electrons. The summed E-state index contributed by atoms with van der Waals surface area (Å²) in [6, 6.07) is 8.44. The molecule has 0 radical (unpaired) electrons. The third-order valence-corrected chi connectivity index (χ3v) is 2.77. The van der Waals surface area contributed by atoms with E-state index >= 15 is 0 Å². The monoisotopic (exact) mass is 237 g/mol. The number of aliphatic hydroxyl groups is 1. The zero-order chi connectivity index (χ0) is 12.5. The van der Waals surface area contributed by atoms with Gasteiger partial charge in [0.2, 0.25) is 0 Å². The SMILES string of the molecule is CCc1ccc(CC(O)CNCCOC)cc1. The van der Waals surface area contributed by atoms with Gasteiger partial charge in [0.15, 0.2) is 0 Å². The lowest BCUT2D eigenvalue weighted by Gasteiger charge is -2.12. The van der Waals surface area contributed by atoms with Crippen molar-refractivity contribution in [3.05, 3.63) is 35.4 Å². The molecule has 0 aliphatic carbocycles. The third kappa shape index (κ3) is 5.82. The van der Waals surface area contributed by atoms with Crippen LogP contribution in [0.15, 0.2) is 24.3 Å². The van der Waals surface area contributed by atoms with Crippen molar-refractivity contribution >= 4 is 0 Å². The molecule has 1 atom stereocenters. The van der Waals surface area contributed by atoms with Gasteiger partial charge in [0.1, 0.15) is 0 Å². The maximum Gasteiger partial charge on any atom is 0.0704 e. The number of hydrogen-bond donors (Lipinski definition) is 2. The van der Waals surface area contributed by atoms with Crippen LogP contribution in [0, 0.1) is 0 Å². The molecule has 0 aliphatic heterocycles. The third-order valence-electron chi connectivity index (χ3n) is 2.77. The molecule has 3 heteroatoms. The van der Waals surface area contributed by atoms with E-state index in [-0.39, 0.29) is 6.10 Å². The molecule has 1 aromatic carbocycles. The molecule has 0 aliphatic rings. The molecule has 0 saturated heterocycles. The standard InChI is InChI=1S/C14H23NO2/c1-3-12-4-6-13(7-5-12)10-14(16)11-15-8-9-17-2/h4-7,14-16H,3,8-11H2,1-2H3. The van der Waals surface area contributed by atoms with Gasteiger partial charge in [-0.3, -0.25) is 0 Å². The lowest BCUT2D eigenvalue weighted by molar-refractivity contribution is 0.160. The summed E-state index contributed by atoms with van der Waals surface area (Å²) in [6.07, 6.45) is 1.42. The fraction of sp³-hybridized carbons (Fsp3) is 0.571. The molecule has 0 bridgehead atoms. The maximum absolute atomic E-state index is 9.83. The van der Waals surface area contributed by atoms with E-state index in [9.17, 15) is 5.11 Å². The number of ether oxygens (including phenoxy) is 1. The summed E-state index contributed by atoms with van der Waals surface area (Å²) in [5.41, 5.74) is 2.52. The Labute approximate surface area is 104 Å². The number of nitrogens with one attached hydrogen (secondary N) is 1. The van der Waals surface area contributed by atoms with Crippen LogP contribution in [0.5, 0.6) is 0 Å².